The van der Waals surface area contributed by atoms with Crippen molar-refractivity contribution >= 4 is 29.0 Å². The molecule has 1 atom stereocenters. The predicted octanol–water partition coefficient (Wildman–Crippen LogP) is 3.49. The summed E-state index contributed by atoms with van der Waals surface area (Å²) in [6, 6.07) is 9.91. The van der Waals surface area contributed by atoms with E-state index in [0.717, 1.165) is 24.9 Å². The van der Waals surface area contributed by atoms with E-state index >= 15 is 0 Å². The van der Waals surface area contributed by atoms with E-state index in [1.54, 1.807) is 24.3 Å². The average Bonchev–Trinajstić information content (AvgIpc) is 2.64. The number of nitrogens with one attached hydrogen (secondary N) is 1. The third-order valence-electron chi connectivity index (χ3n) is 4.41. The van der Waals surface area contributed by atoms with Crippen LogP contribution in [-0.4, -0.2) is 33.8 Å². The lowest BCUT2D eigenvalue weighted by Gasteiger charge is -2.31. The second kappa shape index (κ2) is 8.25. The molecule has 26 heavy (non-hydrogen) atoms. The van der Waals surface area contributed by atoms with E-state index in [0.29, 0.717) is 23.9 Å². The summed E-state index contributed by atoms with van der Waals surface area (Å²) in [5.74, 6) is 0.333. The third kappa shape index (κ3) is 4.77. The van der Waals surface area contributed by atoms with E-state index in [1.165, 1.54) is 18.3 Å². The monoisotopic (exact) mass is 374 g/mol. The molecule has 1 N–H and O–H groups in total. The Labute approximate surface area is 156 Å². The van der Waals surface area contributed by atoms with Crippen molar-refractivity contribution in [2.75, 3.05) is 18.4 Å². The number of carbonyl (C=O) groups is 1. The standard InChI is InChI=1S/C18H19ClN4O3/c19-15-5-8-17(20-10-15)21-18(24)14-2-1-9-22(12-14)11-13-3-6-16(7-4-13)23(25)26/h3-8,10,14H,1-2,9,11-12H2,(H,20,21,24)/t14-/m0/s1. The van der Waals surface area contributed by atoms with Crippen LogP contribution in [0.1, 0.15) is 18.4 Å². The normalized spacial score (nSPS) is 17.7. The van der Waals surface area contributed by atoms with Crippen LogP contribution >= 0.6 is 11.6 Å². The van der Waals surface area contributed by atoms with Gasteiger partial charge in [-0.15, -0.1) is 0 Å². The average molecular weight is 375 g/mol. The highest BCUT2D eigenvalue weighted by Gasteiger charge is 2.26. The van der Waals surface area contributed by atoms with Gasteiger partial charge >= 0.3 is 0 Å². The molecule has 7 nitrogen and oxygen atoms in total. The first-order chi connectivity index (χ1) is 12.5. The number of benzene rings is 1. The number of hydrogen-bond donors (Lipinski definition) is 1. The van der Waals surface area contributed by atoms with Gasteiger partial charge in [0.15, 0.2) is 0 Å². The van der Waals surface area contributed by atoms with Crippen LogP contribution in [0.2, 0.25) is 5.02 Å². The van der Waals surface area contributed by atoms with Crippen LogP contribution in [-0.2, 0) is 11.3 Å². The molecule has 1 aromatic heterocycles. The van der Waals surface area contributed by atoms with Crippen LogP contribution in [0, 0.1) is 16.0 Å². The molecule has 0 bridgehead atoms. The quantitative estimate of drug-likeness (QED) is 0.639. The van der Waals surface area contributed by atoms with Crippen molar-refractivity contribution in [2.24, 2.45) is 5.92 Å². The van der Waals surface area contributed by atoms with Gasteiger partial charge in [-0.3, -0.25) is 19.8 Å². The minimum absolute atomic E-state index is 0.0479. The fraction of sp³-hybridized carbons (Fsp3) is 0.333. The fourth-order valence-electron chi connectivity index (χ4n) is 3.07. The summed E-state index contributed by atoms with van der Waals surface area (Å²) in [6.07, 6.45) is 3.26. The molecule has 0 radical (unpaired) electrons. The fourth-order valence-corrected chi connectivity index (χ4v) is 3.18. The van der Waals surface area contributed by atoms with Gasteiger partial charge in [-0.25, -0.2) is 4.98 Å². The number of carbonyl (C=O) groups excluding carboxylic acids is 1. The molecule has 2 heterocycles. The van der Waals surface area contributed by atoms with Crippen molar-refractivity contribution in [3.63, 3.8) is 0 Å². The Hall–Kier alpha value is -2.51. The first-order valence-electron chi connectivity index (χ1n) is 8.39. The van der Waals surface area contributed by atoms with E-state index < -0.39 is 4.92 Å². The Balaban J connectivity index is 1.57. The van der Waals surface area contributed by atoms with Gasteiger partial charge in [0.05, 0.1) is 15.9 Å². The zero-order chi connectivity index (χ0) is 18.5. The van der Waals surface area contributed by atoms with E-state index in [9.17, 15) is 14.9 Å². The van der Waals surface area contributed by atoms with Gasteiger partial charge in [0, 0.05) is 31.4 Å². The first kappa shape index (κ1) is 18.3. The number of likely N-dealkylation sites (tertiary alicyclic amines) is 1. The summed E-state index contributed by atoms with van der Waals surface area (Å²) in [6.45, 7) is 2.22. The summed E-state index contributed by atoms with van der Waals surface area (Å²) in [5.41, 5.74) is 1.08. The minimum atomic E-state index is -0.407. The second-order valence-electron chi connectivity index (χ2n) is 6.35. The Morgan fingerprint density at radius 3 is 2.73 bits per heavy atom. The molecule has 1 aliphatic heterocycles. The van der Waals surface area contributed by atoms with Crippen LogP contribution in [0.25, 0.3) is 0 Å². The maximum atomic E-state index is 12.5. The van der Waals surface area contributed by atoms with Crippen molar-refractivity contribution in [1.29, 1.82) is 0 Å². The van der Waals surface area contributed by atoms with Gasteiger partial charge in [-0.2, -0.15) is 0 Å². The summed E-state index contributed by atoms with van der Waals surface area (Å²) in [5, 5.41) is 14.1. The third-order valence-corrected chi connectivity index (χ3v) is 4.63. The van der Waals surface area contributed by atoms with Gasteiger partial charge in [0.25, 0.3) is 5.69 Å². The molecule has 1 aromatic carbocycles. The van der Waals surface area contributed by atoms with Crippen molar-refractivity contribution < 1.29 is 9.72 Å². The zero-order valence-corrected chi connectivity index (χ0v) is 14.9. The number of nitrogens with zero attached hydrogens (tertiary/aromatic N) is 3. The predicted molar refractivity (Wildman–Crippen MR) is 99.0 cm³/mol. The Kier molecular flexibility index (Phi) is 5.80. The molecule has 1 fully saturated rings. The van der Waals surface area contributed by atoms with E-state index in [2.05, 4.69) is 15.2 Å². The summed E-state index contributed by atoms with van der Waals surface area (Å²) >= 11 is 5.80. The van der Waals surface area contributed by atoms with Crippen molar-refractivity contribution in [3.8, 4) is 0 Å². The minimum Gasteiger partial charge on any atom is -0.310 e. The largest absolute Gasteiger partial charge is 0.310 e. The van der Waals surface area contributed by atoms with Gasteiger partial charge < -0.3 is 5.32 Å². The number of nitro benzene ring substituents is 1. The van der Waals surface area contributed by atoms with Crippen LogP contribution in [0.15, 0.2) is 42.6 Å². The van der Waals surface area contributed by atoms with Gasteiger partial charge in [0.1, 0.15) is 5.82 Å². The highest BCUT2D eigenvalue weighted by molar-refractivity contribution is 6.30. The first-order valence-corrected chi connectivity index (χ1v) is 8.77. The number of aromatic nitrogens is 1. The highest BCUT2D eigenvalue weighted by atomic mass is 35.5. The molecule has 3 rings (SSSR count). The summed E-state index contributed by atoms with van der Waals surface area (Å²) < 4.78 is 0. The smallest absolute Gasteiger partial charge is 0.269 e. The molecule has 2 aromatic rings. The lowest BCUT2D eigenvalue weighted by molar-refractivity contribution is -0.384. The number of amides is 1. The molecule has 0 unspecified atom stereocenters. The van der Waals surface area contributed by atoms with Crippen LogP contribution in [0.4, 0.5) is 11.5 Å². The maximum Gasteiger partial charge on any atom is 0.269 e. The molecule has 0 aliphatic carbocycles. The van der Waals surface area contributed by atoms with Crippen molar-refractivity contribution in [2.45, 2.75) is 19.4 Å². The number of pyridine rings is 1. The number of halogens is 1. The molecular weight excluding hydrogens is 356 g/mol. The number of hydrogen-bond acceptors (Lipinski definition) is 5. The molecule has 0 saturated carbocycles. The van der Waals surface area contributed by atoms with Crippen molar-refractivity contribution in [3.05, 3.63) is 63.3 Å². The molecule has 1 amide bonds. The second-order valence-corrected chi connectivity index (χ2v) is 6.79. The summed E-state index contributed by atoms with van der Waals surface area (Å²) in [7, 11) is 0. The number of anilines is 1. The lowest BCUT2D eigenvalue weighted by atomic mass is 9.96. The van der Waals surface area contributed by atoms with Gasteiger partial charge in [-0.05, 0) is 37.1 Å². The van der Waals surface area contributed by atoms with Crippen molar-refractivity contribution in [1.82, 2.24) is 9.88 Å². The lowest BCUT2D eigenvalue weighted by Crippen LogP contribution is -2.40. The van der Waals surface area contributed by atoms with Crippen LogP contribution in [0.5, 0.6) is 0 Å². The maximum absolute atomic E-state index is 12.5. The summed E-state index contributed by atoms with van der Waals surface area (Å²) in [4.78, 5) is 29.1. The molecule has 1 saturated heterocycles. The topological polar surface area (TPSA) is 88.4 Å². The molecule has 0 spiro atoms. The highest BCUT2D eigenvalue weighted by Crippen LogP contribution is 2.21. The SMILES string of the molecule is O=C(Nc1ccc(Cl)cn1)[C@H]1CCCN(Cc2ccc([N+](=O)[O-])cc2)C1. The molecular formula is C18H19ClN4O3. The Morgan fingerprint density at radius 1 is 1.31 bits per heavy atom. The van der Waals surface area contributed by atoms with Gasteiger partial charge in [0.2, 0.25) is 5.91 Å². The zero-order valence-electron chi connectivity index (χ0n) is 14.1. The Morgan fingerprint density at radius 2 is 2.08 bits per heavy atom. The van der Waals surface area contributed by atoms with Crippen LogP contribution in [0.3, 0.4) is 0 Å². The number of nitro groups is 1. The molecule has 8 heteroatoms. The Bertz CT molecular complexity index is 780. The van der Waals surface area contributed by atoms with E-state index in [4.69, 9.17) is 11.6 Å². The molecule has 1 aliphatic rings. The van der Waals surface area contributed by atoms with Crippen LogP contribution < -0.4 is 5.32 Å². The number of piperidine rings is 1. The van der Waals surface area contributed by atoms with E-state index in [-0.39, 0.29) is 17.5 Å². The molecule has 136 valence electrons. The number of rotatable bonds is 5. The van der Waals surface area contributed by atoms with E-state index in [1.807, 2.05) is 0 Å². The number of non-ortho nitro benzene ring substituents is 1. The van der Waals surface area contributed by atoms with Gasteiger partial charge in [-0.1, -0.05) is 23.7 Å².